The Kier molecular flexibility index (Phi) is 3.61. The Morgan fingerprint density at radius 1 is 1.11 bits per heavy atom. The predicted molar refractivity (Wildman–Crippen MR) is 141 cm³/mol. The molecule has 3 saturated carbocycles. The molecule has 0 aliphatic heterocycles. The van der Waals surface area contributed by atoms with Crippen molar-refractivity contribution in [1.29, 1.82) is 5.26 Å². The molecule has 5 rings (SSSR count). The molecule has 0 radical (unpaired) electrons. The molecule has 0 saturated heterocycles. The van der Waals surface area contributed by atoms with Crippen LogP contribution in [-0.4, -0.2) is 24.6 Å². The summed E-state index contributed by atoms with van der Waals surface area (Å²) in [6, 6.07) is 2.04. The van der Waals surface area contributed by atoms with E-state index in [2.05, 4.69) is 0 Å². The summed E-state index contributed by atoms with van der Waals surface area (Å²) in [7, 11) is -3.32. The van der Waals surface area contributed by atoms with Crippen LogP contribution in [0.2, 0.25) is 0 Å². The first-order valence-corrected chi connectivity index (χ1v) is 13.2. The van der Waals surface area contributed by atoms with Crippen molar-refractivity contribution in [2.75, 3.05) is 7.04 Å². The van der Waals surface area contributed by atoms with Crippen molar-refractivity contribution < 1.29 is 31.5 Å². The summed E-state index contributed by atoms with van der Waals surface area (Å²) in [4.78, 5) is 42.1. The van der Waals surface area contributed by atoms with Crippen LogP contribution in [0.3, 0.4) is 0 Å². The van der Waals surface area contributed by atoms with E-state index in [1.807, 2.05) is 26.8 Å². The van der Waals surface area contributed by atoms with Gasteiger partial charge in [0.2, 0.25) is 0 Å². The lowest BCUT2D eigenvalue weighted by molar-refractivity contribution is -0.191. The molecule has 200 valence electrons. The summed E-state index contributed by atoms with van der Waals surface area (Å²) in [6.07, 6.45) is -5.22. The molecule has 0 aromatic heterocycles. The van der Waals surface area contributed by atoms with Crippen molar-refractivity contribution in [2.24, 2.45) is 50.2 Å². The van der Waals surface area contributed by atoms with Gasteiger partial charge in [-0.3, -0.25) is 14.4 Å². The van der Waals surface area contributed by atoms with Crippen LogP contribution in [-0.2, 0) is 19.1 Å². The third-order valence-corrected chi connectivity index (χ3v) is 11.1. The Balaban J connectivity index is 1.83. The first-order valence-electron chi connectivity index (χ1n) is 17.7. The number of allylic oxidation sites excluding steroid dienone is 4. The zero-order valence-corrected chi connectivity index (χ0v) is 22.8. The predicted octanol–water partition coefficient (Wildman–Crippen LogP) is 6.38. The molecule has 3 fully saturated rings. The fraction of sp³-hybridized carbons (Fsp3) is 0.750. The van der Waals surface area contributed by atoms with Gasteiger partial charge in [0.1, 0.15) is 6.07 Å². The Morgan fingerprint density at radius 3 is 2.46 bits per heavy atom. The minimum Gasteiger partial charge on any atom is -0.469 e. The second kappa shape index (κ2) is 7.67. The van der Waals surface area contributed by atoms with Gasteiger partial charge >= 0.3 is 5.97 Å². The van der Waals surface area contributed by atoms with E-state index in [9.17, 15) is 25.1 Å². The number of hydrogen-bond acceptors (Lipinski definition) is 5. The SMILES string of the molecule is [2H]C([2H])([2H])OC(=O)[C@@]12CC[C@]3(C)[C@H](C(=O)C=C4[C@@]5(C)C=C(C#N)C(=O)C(C)(C)[C@@H]5CC[C@]43C)[C@@H]1C([2H])([2H])C(C)(C)C([2H])([2H])C2([2H])[2H]. The number of hydrogen-bond donors (Lipinski definition) is 0. The number of rotatable bonds is 1. The maximum absolute atomic E-state index is 14.7. The number of nitrogens with zero attached hydrogens (tertiary/aromatic N) is 1. The molecular weight excluding hydrogens is 462 g/mol. The molecule has 5 nitrogen and oxygen atoms in total. The van der Waals surface area contributed by atoms with E-state index in [1.54, 1.807) is 19.9 Å². The van der Waals surface area contributed by atoms with E-state index in [0.29, 0.717) is 18.4 Å². The fourth-order valence-electron chi connectivity index (χ4n) is 8.96. The second-order valence-corrected chi connectivity index (χ2v) is 13.6. The van der Waals surface area contributed by atoms with Crippen LogP contribution in [0.1, 0.15) is 106 Å². The fourth-order valence-corrected chi connectivity index (χ4v) is 8.96. The molecule has 37 heavy (non-hydrogen) atoms. The number of carbonyl (C=O) groups is 3. The lowest BCUT2D eigenvalue weighted by atomic mass is 9.34. The van der Waals surface area contributed by atoms with Crippen LogP contribution in [0.25, 0.3) is 0 Å². The van der Waals surface area contributed by atoms with Crippen LogP contribution in [0.5, 0.6) is 0 Å². The summed E-state index contributed by atoms with van der Waals surface area (Å²) in [5.41, 5.74) is -7.80. The maximum Gasteiger partial charge on any atom is 0.312 e. The number of esters is 1. The lowest BCUT2D eigenvalue weighted by Crippen LogP contribution is -2.65. The van der Waals surface area contributed by atoms with Gasteiger partial charge in [0.05, 0.1) is 22.1 Å². The number of methoxy groups -OCH3 is 1. The first kappa shape index (κ1) is 17.4. The number of Topliss-reactive ketones (excluding diaryl/α,β-unsaturated/α-hetero) is 1. The maximum atomic E-state index is 14.7. The molecule has 0 heterocycles. The number of nitriles is 1. The summed E-state index contributed by atoms with van der Waals surface area (Å²) < 4.78 is 83.1. The standard InChI is InChI=1S/C32H43NO4/c1-27(2)11-13-32(26(36)37-8)14-12-31(7)24(20(32)17-27)21(34)15-23-29(5)16-19(18-33)25(35)28(3,4)22(29)9-10-30(23,31)6/h15-16,20,22,24H,9-14,17H2,1-8H3/t20-,22-,24-,29-,30+,31+,32-/m0/s1/i8D3,11D2,13D2,17D2. The van der Waals surface area contributed by atoms with Gasteiger partial charge in [-0.25, -0.2) is 0 Å². The van der Waals surface area contributed by atoms with Crippen molar-refractivity contribution >= 4 is 17.5 Å². The molecule has 0 aromatic carbocycles. The minimum atomic E-state index is -3.32. The quantitative estimate of drug-likeness (QED) is 0.379. The molecule has 0 amide bonds. The summed E-state index contributed by atoms with van der Waals surface area (Å²) in [5, 5.41) is 9.92. The normalized spacial score (nSPS) is 53.7. The van der Waals surface area contributed by atoms with E-state index in [1.165, 1.54) is 19.9 Å². The average Bonchev–Trinajstić information content (AvgIpc) is 2.89. The molecule has 7 atom stereocenters. The zero-order valence-electron chi connectivity index (χ0n) is 31.8. The zero-order chi connectivity index (χ0) is 35.3. The van der Waals surface area contributed by atoms with Crippen molar-refractivity contribution in [3.8, 4) is 6.07 Å². The highest BCUT2D eigenvalue weighted by Gasteiger charge is 2.71. The number of carbonyl (C=O) groups excluding carboxylic acids is 3. The van der Waals surface area contributed by atoms with Gasteiger partial charge in [0.25, 0.3) is 0 Å². The van der Waals surface area contributed by atoms with Gasteiger partial charge in [-0.05, 0) is 79.0 Å². The lowest BCUT2D eigenvalue weighted by Gasteiger charge is -2.68. The van der Waals surface area contributed by atoms with Gasteiger partial charge in [-0.1, -0.05) is 60.1 Å². The van der Waals surface area contributed by atoms with Crippen molar-refractivity contribution in [1.82, 2.24) is 0 Å². The largest absolute Gasteiger partial charge is 0.469 e. The number of ether oxygens (including phenoxy) is 1. The van der Waals surface area contributed by atoms with Crippen LogP contribution in [0, 0.1) is 61.6 Å². The Morgan fingerprint density at radius 2 is 1.81 bits per heavy atom. The third-order valence-electron chi connectivity index (χ3n) is 11.1. The third kappa shape index (κ3) is 3.11. The smallest absolute Gasteiger partial charge is 0.312 e. The van der Waals surface area contributed by atoms with E-state index in [-0.39, 0.29) is 23.7 Å². The van der Waals surface area contributed by atoms with E-state index < -0.39 is 88.7 Å². The highest BCUT2D eigenvalue weighted by molar-refractivity contribution is 6.04. The molecule has 0 aromatic rings. The second-order valence-electron chi connectivity index (χ2n) is 13.6. The highest BCUT2D eigenvalue weighted by Crippen LogP contribution is 2.74. The molecular formula is C32H43NO4. The van der Waals surface area contributed by atoms with Gasteiger partial charge in [0, 0.05) is 25.0 Å². The summed E-state index contributed by atoms with van der Waals surface area (Å²) >= 11 is 0. The van der Waals surface area contributed by atoms with Crippen molar-refractivity contribution in [3.63, 3.8) is 0 Å². The van der Waals surface area contributed by atoms with E-state index >= 15 is 0 Å². The molecule has 5 aliphatic carbocycles. The Bertz CT molecular complexity index is 1550. The molecule has 0 bridgehead atoms. The molecule has 0 spiro atoms. The van der Waals surface area contributed by atoms with Gasteiger partial charge in [0.15, 0.2) is 11.6 Å². The summed E-state index contributed by atoms with van der Waals surface area (Å²) in [5.74, 6) is -5.81. The van der Waals surface area contributed by atoms with Crippen LogP contribution < -0.4 is 0 Å². The average molecular weight is 515 g/mol. The molecule has 5 heteroatoms. The monoisotopic (exact) mass is 514 g/mol. The summed E-state index contributed by atoms with van der Waals surface area (Å²) in [6.45, 7) is 11.8. The molecule has 0 unspecified atom stereocenters. The van der Waals surface area contributed by atoms with Crippen molar-refractivity contribution in [3.05, 3.63) is 23.3 Å². The van der Waals surface area contributed by atoms with Gasteiger partial charge < -0.3 is 4.74 Å². The topological polar surface area (TPSA) is 84.2 Å². The Hall–Kier alpha value is -2.22. The van der Waals surface area contributed by atoms with Crippen molar-refractivity contribution in [2.45, 2.75) is 93.3 Å². The highest BCUT2D eigenvalue weighted by atomic mass is 16.5. The van der Waals surface area contributed by atoms with Crippen LogP contribution >= 0.6 is 0 Å². The number of ketones is 2. The van der Waals surface area contributed by atoms with Gasteiger partial charge in [-0.2, -0.15) is 5.26 Å². The number of fused-ring (bicyclic) bond motifs is 7. The molecule has 5 aliphatic rings. The van der Waals surface area contributed by atoms with E-state index in [4.69, 9.17) is 11.6 Å². The Labute approximate surface area is 234 Å². The first-order chi connectivity index (χ1) is 20.5. The van der Waals surface area contributed by atoms with Gasteiger partial charge in [-0.15, -0.1) is 0 Å². The van der Waals surface area contributed by atoms with E-state index in [0.717, 1.165) is 0 Å². The van der Waals surface area contributed by atoms with Crippen LogP contribution in [0.4, 0.5) is 0 Å². The molecule has 0 N–H and O–H groups in total. The minimum absolute atomic E-state index is 0.00416. The van der Waals surface area contributed by atoms with Crippen LogP contribution in [0.15, 0.2) is 23.3 Å².